The van der Waals surface area contributed by atoms with Crippen LogP contribution in [0.5, 0.6) is 0 Å². The van der Waals surface area contributed by atoms with Gasteiger partial charge in [-0.3, -0.25) is 4.79 Å². The van der Waals surface area contributed by atoms with Crippen LogP contribution in [0, 0.1) is 5.41 Å². The largest absolute Gasteiger partial charge is 0.294 e. The van der Waals surface area contributed by atoms with Gasteiger partial charge < -0.3 is 0 Å². The number of aryl methyl sites for hydroxylation is 1. The molecular formula is C16H22O. The van der Waals surface area contributed by atoms with Crippen LogP contribution in [0.3, 0.4) is 0 Å². The summed E-state index contributed by atoms with van der Waals surface area (Å²) in [5.41, 5.74) is 3.43. The van der Waals surface area contributed by atoms with Crippen LogP contribution in [0.25, 0.3) is 0 Å². The minimum Gasteiger partial charge on any atom is -0.294 e. The van der Waals surface area contributed by atoms with Gasteiger partial charge in [-0.2, -0.15) is 0 Å². The second-order valence-electron chi connectivity index (χ2n) is 6.29. The topological polar surface area (TPSA) is 17.1 Å². The standard InChI is InChI=1S/C16H22O/c1-11-6-5-7-12-8-9-13(10-14(11)12)15(17)16(2,3)4/h8-11H,5-7H2,1-4H3. The average Bonchev–Trinajstić information content (AvgIpc) is 2.27. The molecule has 0 saturated carbocycles. The van der Waals surface area contributed by atoms with E-state index in [1.165, 1.54) is 30.4 Å². The Morgan fingerprint density at radius 2 is 2.00 bits per heavy atom. The van der Waals surface area contributed by atoms with Gasteiger partial charge in [-0.25, -0.2) is 0 Å². The number of carbonyl (C=O) groups is 1. The first kappa shape index (κ1) is 12.3. The summed E-state index contributed by atoms with van der Waals surface area (Å²) in [4.78, 5) is 12.3. The first-order valence-electron chi connectivity index (χ1n) is 6.57. The van der Waals surface area contributed by atoms with Gasteiger partial charge in [-0.15, -0.1) is 0 Å². The summed E-state index contributed by atoms with van der Waals surface area (Å²) in [6.45, 7) is 8.22. The first-order chi connectivity index (χ1) is 7.89. The lowest BCUT2D eigenvalue weighted by molar-refractivity contribution is 0.0858. The number of carbonyl (C=O) groups excluding carboxylic acids is 1. The summed E-state index contributed by atoms with van der Waals surface area (Å²) >= 11 is 0. The smallest absolute Gasteiger partial charge is 0.168 e. The van der Waals surface area contributed by atoms with E-state index < -0.39 is 0 Å². The summed E-state index contributed by atoms with van der Waals surface area (Å²) in [7, 11) is 0. The van der Waals surface area contributed by atoms with E-state index in [1.807, 2.05) is 26.8 Å². The van der Waals surface area contributed by atoms with Crippen LogP contribution in [0.4, 0.5) is 0 Å². The van der Waals surface area contributed by atoms with E-state index in [-0.39, 0.29) is 11.2 Å². The highest BCUT2D eigenvalue weighted by atomic mass is 16.1. The molecular weight excluding hydrogens is 208 g/mol. The van der Waals surface area contributed by atoms with Gasteiger partial charge in [-0.05, 0) is 42.4 Å². The fourth-order valence-corrected chi connectivity index (χ4v) is 2.61. The molecule has 0 bridgehead atoms. The van der Waals surface area contributed by atoms with Crippen molar-refractivity contribution in [3.05, 3.63) is 34.9 Å². The summed E-state index contributed by atoms with van der Waals surface area (Å²) in [5, 5.41) is 0. The lowest BCUT2D eigenvalue weighted by Crippen LogP contribution is -2.21. The van der Waals surface area contributed by atoms with Gasteiger partial charge >= 0.3 is 0 Å². The quantitative estimate of drug-likeness (QED) is 0.655. The second kappa shape index (κ2) is 4.29. The van der Waals surface area contributed by atoms with Gasteiger partial charge in [0.15, 0.2) is 5.78 Å². The lowest BCUT2D eigenvalue weighted by Gasteiger charge is -2.24. The Kier molecular flexibility index (Phi) is 3.11. The number of benzene rings is 1. The minimum absolute atomic E-state index is 0.248. The van der Waals surface area contributed by atoms with Crippen LogP contribution < -0.4 is 0 Å². The van der Waals surface area contributed by atoms with Gasteiger partial charge in [0.2, 0.25) is 0 Å². The monoisotopic (exact) mass is 230 g/mol. The fourth-order valence-electron chi connectivity index (χ4n) is 2.61. The van der Waals surface area contributed by atoms with Gasteiger partial charge in [0.25, 0.3) is 0 Å². The van der Waals surface area contributed by atoms with Crippen LogP contribution in [0.15, 0.2) is 18.2 Å². The zero-order chi connectivity index (χ0) is 12.6. The third-order valence-corrected chi connectivity index (χ3v) is 3.70. The molecule has 0 radical (unpaired) electrons. The van der Waals surface area contributed by atoms with Crippen molar-refractivity contribution in [1.29, 1.82) is 0 Å². The number of hydrogen-bond donors (Lipinski definition) is 0. The molecule has 2 rings (SSSR count). The number of ketones is 1. The van der Waals surface area contributed by atoms with Crippen molar-refractivity contribution >= 4 is 5.78 Å². The van der Waals surface area contributed by atoms with Crippen LogP contribution >= 0.6 is 0 Å². The Hall–Kier alpha value is -1.11. The Labute approximate surface area is 104 Å². The van der Waals surface area contributed by atoms with Gasteiger partial charge in [0.05, 0.1) is 0 Å². The molecule has 1 atom stereocenters. The Bertz CT molecular complexity index is 437. The highest BCUT2D eigenvalue weighted by Gasteiger charge is 2.25. The maximum atomic E-state index is 12.3. The zero-order valence-electron chi connectivity index (χ0n) is 11.3. The van der Waals surface area contributed by atoms with Crippen LogP contribution in [-0.4, -0.2) is 5.78 Å². The third kappa shape index (κ3) is 2.43. The fraction of sp³-hybridized carbons (Fsp3) is 0.562. The molecule has 0 N–H and O–H groups in total. The molecule has 1 aliphatic carbocycles. The molecule has 0 spiro atoms. The van der Waals surface area contributed by atoms with E-state index in [0.717, 1.165) is 5.56 Å². The Morgan fingerprint density at radius 1 is 1.29 bits per heavy atom. The van der Waals surface area contributed by atoms with Gasteiger partial charge in [0, 0.05) is 11.0 Å². The number of fused-ring (bicyclic) bond motifs is 1. The predicted molar refractivity (Wildman–Crippen MR) is 71.6 cm³/mol. The van der Waals surface area contributed by atoms with E-state index in [1.54, 1.807) is 0 Å². The SMILES string of the molecule is CC1CCCc2ccc(C(=O)C(C)(C)C)cc21. The van der Waals surface area contributed by atoms with E-state index in [4.69, 9.17) is 0 Å². The molecule has 0 heterocycles. The molecule has 1 nitrogen and oxygen atoms in total. The molecule has 1 aromatic carbocycles. The second-order valence-corrected chi connectivity index (χ2v) is 6.29. The molecule has 1 aromatic rings. The molecule has 1 heteroatoms. The first-order valence-corrected chi connectivity index (χ1v) is 6.57. The molecule has 0 aliphatic heterocycles. The Balaban J connectivity index is 2.39. The van der Waals surface area contributed by atoms with Crippen molar-refractivity contribution in [3.8, 4) is 0 Å². The van der Waals surface area contributed by atoms with Crippen molar-refractivity contribution in [2.45, 2.75) is 52.9 Å². The average molecular weight is 230 g/mol. The maximum absolute atomic E-state index is 12.3. The molecule has 0 amide bonds. The molecule has 1 unspecified atom stereocenters. The van der Waals surface area contributed by atoms with Crippen molar-refractivity contribution in [2.24, 2.45) is 5.41 Å². The third-order valence-electron chi connectivity index (χ3n) is 3.70. The zero-order valence-corrected chi connectivity index (χ0v) is 11.3. The minimum atomic E-state index is -0.286. The van der Waals surface area contributed by atoms with Crippen LogP contribution in [0.1, 0.15) is 67.9 Å². The molecule has 0 fully saturated rings. The van der Waals surface area contributed by atoms with Crippen molar-refractivity contribution in [2.75, 3.05) is 0 Å². The van der Waals surface area contributed by atoms with Crippen LogP contribution in [0.2, 0.25) is 0 Å². The van der Waals surface area contributed by atoms with Crippen LogP contribution in [-0.2, 0) is 6.42 Å². The molecule has 0 aromatic heterocycles. The lowest BCUT2D eigenvalue weighted by atomic mass is 9.80. The highest BCUT2D eigenvalue weighted by molar-refractivity contribution is 6.00. The van der Waals surface area contributed by atoms with E-state index >= 15 is 0 Å². The van der Waals surface area contributed by atoms with E-state index in [2.05, 4.69) is 19.1 Å². The predicted octanol–water partition coefficient (Wildman–Crippen LogP) is 4.36. The molecule has 0 saturated heterocycles. The molecule has 92 valence electrons. The Morgan fingerprint density at radius 3 is 2.65 bits per heavy atom. The summed E-state index contributed by atoms with van der Waals surface area (Å²) < 4.78 is 0. The van der Waals surface area contributed by atoms with Crippen molar-refractivity contribution in [3.63, 3.8) is 0 Å². The molecule has 1 aliphatic rings. The molecule has 17 heavy (non-hydrogen) atoms. The van der Waals surface area contributed by atoms with Crippen molar-refractivity contribution in [1.82, 2.24) is 0 Å². The summed E-state index contributed by atoms with van der Waals surface area (Å²) in [5.74, 6) is 0.851. The van der Waals surface area contributed by atoms with Gasteiger partial charge in [-0.1, -0.05) is 39.8 Å². The maximum Gasteiger partial charge on any atom is 0.168 e. The number of rotatable bonds is 1. The van der Waals surface area contributed by atoms with E-state index in [0.29, 0.717) is 5.92 Å². The normalized spacial score (nSPS) is 19.9. The highest BCUT2D eigenvalue weighted by Crippen LogP contribution is 2.33. The van der Waals surface area contributed by atoms with Gasteiger partial charge in [0.1, 0.15) is 0 Å². The van der Waals surface area contributed by atoms with E-state index in [9.17, 15) is 4.79 Å². The number of hydrogen-bond acceptors (Lipinski definition) is 1. The van der Waals surface area contributed by atoms with Crippen molar-refractivity contribution < 1.29 is 4.79 Å². The summed E-state index contributed by atoms with van der Waals surface area (Å²) in [6, 6.07) is 6.29. The summed E-state index contributed by atoms with van der Waals surface area (Å²) in [6.07, 6.45) is 3.70. The number of Topliss-reactive ketones (excluding diaryl/α,β-unsaturated/α-hetero) is 1.